The molecule has 29 heavy (non-hydrogen) atoms. The minimum Gasteiger partial charge on any atom is -1.00 e. The number of ketones is 1. The highest BCUT2D eigenvalue weighted by Crippen LogP contribution is 2.31. The smallest absolute Gasteiger partial charge is 0.269 e. The summed E-state index contributed by atoms with van der Waals surface area (Å²) in [5, 5.41) is 21.5. The van der Waals surface area contributed by atoms with E-state index in [-0.39, 0.29) is 28.5 Å². The van der Waals surface area contributed by atoms with Crippen molar-refractivity contribution in [3.8, 4) is 0 Å². The van der Waals surface area contributed by atoms with Gasteiger partial charge in [0.15, 0.2) is 24.7 Å². The number of non-ortho nitro benzene ring substituents is 1. The number of carbonyl (C=O) groups is 1. The van der Waals surface area contributed by atoms with Crippen LogP contribution < -0.4 is 21.5 Å². The molecule has 4 rings (SSSR count). The van der Waals surface area contributed by atoms with Crippen LogP contribution in [0.4, 0.5) is 5.69 Å². The van der Waals surface area contributed by atoms with Crippen LogP contribution in [-0.2, 0) is 13.1 Å². The van der Waals surface area contributed by atoms with Crippen LogP contribution in [0.2, 0.25) is 0 Å². The zero-order chi connectivity index (χ0) is 19.7. The van der Waals surface area contributed by atoms with E-state index in [1.807, 2.05) is 45.9 Å². The highest BCUT2D eigenvalue weighted by atomic mass is 79.9. The molecule has 0 bridgehead atoms. The van der Waals surface area contributed by atoms with Crippen LogP contribution in [0.5, 0.6) is 0 Å². The largest absolute Gasteiger partial charge is 1.00 e. The van der Waals surface area contributed by atoms with E-state index in [4.69, 9.17) is 0 Å². The van der Waals surface area contributed by atoms with Crippen molar-refractivity contribution < 1.29 is 36.4 Å². The maximum absolute atomic E-state index is 12.6. The van der Waals surface area contributed by atoms with Crippen LogP contribution in [0.25, 0.3) is 0 Å². The van der Waals surface area contributed by atoms with Crippen molar-refractivity contribution in [1.29, 1.82) is 0 Å². The summed E-state index contributed by atoms with van der Waals surface area (Å²) in [4.78, 5) is 23.0. The summed E-state index contributed by atoms with van der Waals surface area (Å²) < 4.78 is 3.85. The number of hydrogen-bond acceptors (Lipinski definition) is 4. The number of nitro groups is 1. The Morgan fingerprint density at radius 3 is 2.52 bits per heavy atom. The predicted molar refractivity (Wildman–Crippen MR) is 101 cm³/mol. The van der Waals surface area contributed by atoms with Gasteiger partial charge in [0.1, 0.15) is 0 Å². The maximum Gasteiger partial charge on any atom is 0.269 e. The van der Waals surface area contributed by atoms with Crippen LogP contribution in [0.15, 0.2) is 67.1 Å². The topological polar surface area (TPSA) is 89.2 Å². The predicted octanol–water partition coefficient (Wildman–Crippen LogP) is -0.328. The van der Waals surface area contributed by atoms with Gasteiger partial charge in [0.2, 0.25) is 0 Å². The number of aliphatic hydroxyl groups is 1. The van der Waals surface area contributed by atoms with Gasteiger partial charge in [0.05, 0.1) is 22.6 Å². The molecule has 0 saturated carbocycles. The molecule has 1 aromatic carbocycles. The fourth-order valence-electron chi connectivity index (χ4n) is 3.67. The number of rotatable bonds is 5. The van der Waals surface area contributed by atoms with Gasteiger partial charge in [0.25, 0.3) is 5.69 Å². The molecule has 0 aliphatic carbocycles. The molecule has 8 heteroatoms. The molecule has 0 fully saturated rings. The van der Waals surface area contributed by atoms with Gasteiger partial charge in [-0.05, 0) is 36.2 Å². The van der Waals surface area contributed by atoms with Gasteiger partial charge in [-0.3, -0.25) is 14.9 Å². The summed E-state index contributed by atoms with van der Waals surface area (Å²) in [5.74, 6) is -0.459. The number of aliphatic hydroxyl groups excluding tert-OH is 1. The Bertz CT molecular complexity index is 1020. The highest BCUT2D eigenvalue weighted by Gasteiger charge is 2.33. The van der Waals surface area contributed by atoms with Crippen molar-refractivity contribution in [3.05, 3.63) is 94.1 Å². The van der Waals surface area contributed by atoms with Crippen LogP contribution in [-0.4, -0.2) is 20.4 Å². The van der Waals surface area contributed by atoms with Gasteiger partial charge in [0, 0.05) is 42.6 Å². The quantitative estimate of drug-likeness (QED) is 0.322. The third kappa shape index (κ3) is 4.28. The fourth-order valence-corrected chi connectivity index (χ4v) is 3.67. The minimum atomic E-state index is -0.842. The van der Waals surface area contributed by atoms with Crippen molar-refractivity contribution in [2.45, 2.75) is 25.6 Å². The summed E-state index contributed by atoms with van der Waals surface area (Å²) in [7, 11) is 0. The fraction of sp³-hybridized carbons (Fsp3) is 0.238. The van der Waals surface area contributed by atoms with E-state index in [0.717, 1.165) is 12.1 Å². The Labute approximate surface area is 178 Å². The first-order valence-corrected chi connectivity index (χ1v) is 9.12. The molecule has 1 aliphatic rings. The van der Waals surface area contributed by atoms with E-state index >= 15 is 0 Å². The van der Waals surface area contributed by atoms with Crippen LogP contribution in [0.1, 0.15) is 34.1 Å². The van der Waals surface area contributed by atoms with Gasteiger partial charge in [-0.1, -0.05) is 0 Å². The van der Waals surface area contributed by atoms with Gasteiger partial charge < -0.3 is 26.7 Å². The van der Waals surface area contributed by atoms with Crippen molar-refractivity contribution in [3.63, 3.8) is 0 Å². The van der Waals surface area contributed by atoms with E-state index in [1.54, 1.807) is 18.2 Å². The lowest BCUT2D eigenvalue weighted by Crippen LogP contribution is -3.00. The maximum atomic E-state index is 12.6. The monoisotopic (exact) mass is 457 g/mol. The Morgan fingerprint density at radius 2 is 1.86 bits per heavy atom. The Kier molecular flexibility index (Phi) is 6.24. The molecule has 2 unspecified atom stereocenters. The first-order valence-electron chi connectivity index (χ1n) is 9.12. The Hall–Kier alpha value is -2.84. The number of benzene rings is 1. The first kappa shape index (κ1) is 20.9. The lowest BCUT2D eigenvalue weighted by Gasteiger charge is -2.27. The van der Waals surface area contributed by atoms with E-state index in [9.17, 15) is 20.0 Å². The van der Waals surface area contributed by atoms with E-state index in [0.29, 0.717) is 24.2 Å². The lowest BCUT2D eigenvalue weighted by atomic mass is 9.86. The third-order valence-electron chi connectivity index (χ3n) is 5.25. The number of carbonyl (C=O) groups excluding carboxylic acids is 1. The molecule has 2 aromatic heterocycles. The van der Waals surface area contributed by atoms with Gasteiger partial charge in [-0.2, -0.15) is 0 Å². The number of Topliss-reactive ketones (excluding diaryl/α,β-unsaturated/α-hetero) is 1. The second-order valence-corrected chi connectivity index (χ2v) is 7.02. The van der Waals surface area contributed by atoms with Crippen LogP contribution in [0, 0.1) is 16.0 Å². The summed E-state index contributed by atoms with van der Waals surface area (Å²) in [6.07, 6.45) is 5.34. The van der Waals surface area contributed by atoms with Gasteiger partial charge in [-0.25, -0.2) is 4.57 Å². The van der Waals surface area contributed by atoms with E-state index in [1.165, 1.54) is 12.1 Å². The second kappa shape index (κ2) is 8.67. The number of fused-ring (bicyclic) bond motifs is 1. The minimum absolute atomic E-state index is 0. The van der Waals surface area contributed by atoms with Crippen LogP contribution in [0.3, 0.4) is 0 Å². The molecular formula is C21H20BrN3O4. The summed E-state index contributed by atoms with van der Waals surface area (Å²) >= 11 is 0. The molecule has 7 nitrogen and oxygen atoms in total. The Morgan fingerprint density at radius 1 is 1.17 bits per heavy atom. The average Bonchev–Trinajstić information content (AvgIpc) is 3.19. The standard InChI is InChI=1S/C21H20N3O4.BrH/c25-20(18-9-13-23-10-1-2-19(23)21(18)26)16-7-11-22(12-8-16)14-15-3-5-17(6-4-15)24(27)28;/h1-8,10-12,18,20,25H,9,13-14H2;1H/q+1;/p-1. The average molecular weight is 458 g/mol. The molecule has 3 heterocycles. The van der Waals surface area contributed by atoms with Crippen molar-refractivity contribution >= 4 is 11.5 Å². The van der Waals surface area contributed by atoms with E-state index in [2.05, 4.69) is 0 Å². The first-order chi connectivity index (χ1) is 13.5. The lowest BCUT2D eigenvalue weighted by molar-refractivity contribution is -0.688. The summed E-state index contributed by atoms with van der Waals surface area (Å²) in [5.41, 5.74) is 2.36. The van der Waals surface area contributed by atoms with Crippen molar-refractivity contribution in [2.24, 2.45) is 5.92 Å². The number of pyridine rings is 1. The molecule has 3 aromatic rings. The molecule has 1 N–H and O–H groups in total. The molecule has 2 atom stereocenters. The number of halogens is 1. The molecule has 0 spiro atoms. The number of aromatic nitrogens is 2. The second-order valence-electron chi connectivity index (χ2n) is 7.02. The van der Waals surface area contributed by atoms with E-state index < -0.39 is 16.9 Å². The van der Waals surface area contributed by atoms with Crippen LogP contribution >= 0.6 is 0 Å². The summed E-state index contributed by atoms with van der Waals surface area (Å²) in [6, 6.07) is 13.7. The molecule has 1 aliphatic heterocycles. The molecule has 0 saturated heterocycles. The zero-order valence-electron chi connectivity index (χ0n) is 15.5. The SMILES string of the molecule is O=C1c2cccn2CCC1C(O)c1cc[n+](Cc2ccc([N+](=O)[O-])cc2)cc1.[Br-]. The van der Waals surface area contributed by atoms with Gasteiger partial charge >= 0.3 is 0 Å². The Balaban J connectivity index is 0.00000240. The molecular weight excluding hydrogens is 438 g/mol. The third-order valence-corrected chi connectivity index (χ3v) is 5.25. The molecule has 150 valence electrons. The number of nitrogens with zero attached hydrogens (tertiary/aromatic N) is 3. The van der Waals surface area contributed by atoms with Crippen molar-refractivity contribution in [1.82, 2.24) is 4.57 Å². The summed E-state index contributed by atoms with van der Waals surface area (Å²) in [6.45, 7) is 1.28. The molecule has 0 radical (unpaired) electrons. The number of hydrogen-bond donors (Lipinski definition) is 1. The zero-order valence-corrected chi connectivity index (χ0v) is 17.1. The normalized spacial score (nSPS) is 16.6. The number of nitro benzene ring substituents is 1. The highest BCUT2D eigenvalue weighted by molar-refractivity contribution is 5.97. The van der Waals surface area contributed by atoms with Gasteiger partial charge in [-0.15, -0.1) is 0 Å². The van der Waals surface area contributed by atoms with Crippen molar-refractivity contribution in [2.75, 3.05) is 0 Å². The number of aryl methyl sites for hydroxylation is 1. The molecule has 0 amide bonds.